The number of ether oxygens (including phenoxy) is 2. The number of amides is 1. The van der Waals surface area contributed by atoms with Crippen molar-refractivity contribution in [2.45, 2.75) is 0 Å². The lowest BCUT2D eigenvalue weighted by atomic mass is 10.1. The summed E-state index contributed by atoms with van der Waals surface area (Å²) in [4.78, 5) is 16.4. The maximum Gasteiger partial charge on any atom is 0.260 e. The average Bonchev–Trinajstić information content (AvgIpc) is 3.26. The zero-order chi connectivity index (χ0) is 16.2. The van der Waals surface area contributed by atoms with Crippen LogP contribution in [0.1, 0.15) is 10.4 Å². The SMILES string of the molecule is COc1ccc(-c2csc(NC(=O)c3ccoc3)n2)c(OC)c1. The van der Waals surface area contributed by atoms with Crippen molar-refractivity contribution in [3.8, 4) is 22.8 Å². The first-order valence-corrected chi connectivity index (χ1v) is 7.60. The van der Waals surface area contributed by atoms with E-state index in [0.717, 1.165) is 11.3 Å². The van der Waals surface area contributed by atoms with E-state index in [1.165, 1.54) is 23.9 Å². The van der Waals surface area contributed by atoms with Gasteiger partial charge in [-0.05, 0) is 18.2 Å². The van der Waals surface area contributed by atoms with Gasteiger partial charge in [0.1, 0.15) is 17.8 Å². The van der Waals surface area contributed by atoms with Gasteiger partial charge < -0.3 is 13.9 Å². The van der Waals surface area contributed by atoms with Crippen molar-refractivity contribution in [2.24, 2.45) is 0 Å². The summed E-state index contributed by atoms with van der Waals surface area (Å²) in [5, 5.41) is 5.10. The number of furan rings is 1. The van der Waals surface area contributed by atoms with Gasteiger partial charge in [-0.3, -0.25) is 10.1 Å². The van der Waals surface area contributed by atoms with Crippen molar-refractivity contribution in [3.63, 3.8) is 0 Å². The van der Waals surface area contributed by atoms with E-state index >= 15 is 0 Å². The molecule has 0 aliphatic heterocycles. The molecule has 118 valence electrons. The molecule has 1 amide bonds. The monoisotopic (exact) mass is 330 g/mol. The van der Waals surface area contributed by atoms with Crippen molar-refractivity contribution in [1.29, 1.82) is 0 Å². The molecule has 7 heteroatoms. The molecule has 0 bridgehead atoms. The second-order valence-electron chi connectivity index (χ2n) is 4.57. The molecule has 2 aromatic heterocycles. The Labute approximate surface area is 136 Å². The topological polar surface area (TPSA) is 73.6 Å². The number of thiazole rings is 1. The molecule has 1 N–H and O–H groups in total. The molecule has 0 unspecified atom stereocenters. The molecule has 0 aliphatic carbocycles. The molecule has 0 saturated carbocycles. The molecular formula is C16H14N2O4S. The van der Waals surface area contributed by atoms with Crippen molar-refractivity contribution < 1.29 is 18.7 Å². The number of benzene rings is 1. The van der Waals surface area contributed by atoms with E-state index in [4.69, 9.17) is 13.9 Å². The minimum atomic E-state index is -0.263. The van der Waals surface area contributed by atoms with E-state index in [9.17, 15) is 4.79 Å². The number of nitrogens with zero attached hydrogens (tertiary/aromatic N) is 1. The predicted molar refractivity (Wildman–Crippen MR) is 87.3 cm³/mol. The third-order valence-electron chi connectivity index (χ3n) is 3.19. The second-order valence-corrected chi connectivity index (χ2v) is 5.43. The van der Waals surface area contributed by atoms with Gasteiger partial charge in [0.25, 0.3) is 5.91 Å². The van der Waals surface area contributed by atoms with Gasteiger partial charge in [-0.1, -0.05) is 0 Å². The zero-order valence-electron chi connectivity index (χ0n) is 12.5. The first-order chi connectivity index (χ1) is 11.2. The van der Waals surface area contributed by atoms with E-state index in [-0.39, 0.29) is 5.91 Å². The van der Waals surface area contributed by atoms with Crippen molar-refractivity contribution >= 4 is 22.4 Å². The third-order valence-corrected chi connectivity index (χ3v) is 3.95. The first kappa shape index (κ1) is 15.1. The summed E-state index contributed by atoms with van der Waals surface area (Å²) in [5.74, 6) is 1.10. The lowest BCUT2D eigenvalue weighted by Gasteiger charge is -2.08. The van der Waals surface area contributed by atoms with Crippen molar-refractivity contribution in [2.75, 3.05) is 19.5 Å². The average molecular weight is 330 g/mol. The molecule has 2 heterocycles. The fraction of sp³-hybridized carbons (Fsp3) is 0.125. The van der Waals surface area contributed by atoms with Gasteiger partial charge in [0.15, 0.2) is 5.13 Å². The smallest absolute Gasteiger partial charge is 0.260 e. The van der Waals surface area contributed by atoms with Crippen LogP contribution in [0.5, 0.6) is 11.5 Å². The maximum atomic E-state index is 12.0. The van der Waals surface area contributed by atoms with Gasteiger partial charge >= 0.3 is 0 Å². The number of nitrogens with one attached hydrogen (secondary N) is 1. The standard InChI is InChI=1S/C16H14N2O4S/c1-20-11-3-4-12(14(7-11)21-2)13-9-23-16(17-13)18-15(19)10-5-6-22-8-10/h3-9H,1-2H3,(H,17,18,19). The van der Waals surface area contributed by atoms with Gasteiger partial charge in [-0.25, -0.2) is 4.98 Å². The summed E-state index contributed by atoms with van der Waals surface area (Å²) in [5.41, 5.74) is 1.99. The highest BCUT2D eigenvalue weighted by Gasteiger charge is 2.14. The zero-order valence-corrected chi connectivity index (χ0v) is 13.3. The second kappa shape index (κ2) is 6.53. The fourth-order valence-corrected chi connectivity index (χ4v) is 2.73. The summed E-state index contributed by atoms with van der Waals surface area (Å²) in [6, 6.07) is 7.09. The molecule has 0 saturated heterocycles. The number of rotatable bonds is 5. The molecule has 0 spiro atoms. The Morgan fingerprint density at radius 2 is 2.13 bits per heavy atom. The van der Waals surface area contributed by atoms with Crippen LogP contribution in [0.4, 0.5) is 5.13 Å². The summed E-state index contributed by atoms with van der Waals surface area (Å²) in [6.45, 7) is 0. The van der Waals surface area contributed by atoms with Crippen LogP contribution < -0.4 is 14.8 Å². The molecule has 0 radical (unpaired) electrons. The predicted octanol–water partition coefficient (Wildman–Crippen LogP) is 3.67. The normalized spacial score (nSPS) is 10.3. The molecule has 0 fully saturated rings. The van der Waals surface area contributed by atoms with Crippen LogP contribution in [0.2, 0.25) is 0 Å². The highest BCUT2D eigenvalue weighted by atomic mass is 32.1. The van der Waals surface area contributed by atoms with E-state index in [1.807, 2.05) is 17.5 Å². The van der Waals surface area contributed by atoms with Crippen molar-refractivity contribution in [3.05, 3.63) is 47.7 Å². The van der Waals surface area contributed by atoms with Gasteiger partial charge in [-0.15, -0.1) is 11.3 Å². The van der Waals surface area contributed by atoms with Gasteiger partial charge in [0.2, 0.25) is 0 Å². The van der Waals surface area contributed by atoms with Gasteiger partial charge in [0, 0.05) is 17.0 Å². The maximum absolute atomic E-state index is 12.0. The number of hydrogen-bond donors (Lipinski definition) is 1. The number of anilines is 1. The van der Waals surface area contributed by atoms with E-state index in [0.29, 0.717) is 22.2 Å². The van der Waals surface area contributed by atoms with Crippen LogP contribution in [0.25, 0.3) is 11.3 Å². The molecule has 23 heavy (non-hydrogen) atoms. The molecule has 0 atom stereocenters. The largest absolute Gasteiger partial charge is 0.497 e. The molecular weight excluding hydrogens is 316 g/mol. The van der Waals surface area contributed by atoms with Crippen LogP contribution in [0.3, 0.4) is 0 Å². The Morgan fingerprint density at radius 1 is 1.26 bits per heavy atom. The van der Waals surface area contributed by atoms with E-state index in [2.05, 4.69) is 10.3 Å². The van der Waals surface area contributed by atoms with E-state index in [1.54, 1.807) is 26.4 Å². The van der Waals surface area contributed by atoms with Crippen LogP contribution >= 0.6 is 11.3 Å². The molecule has 1 aromatic carbocycles. The van der Waals surface area contributed by atoms with Gasteiger partial charge in [-0.2, -0.15) is 0 Å². The summed E-state index contributed by atoms with van der Waals surface area (Å²) in [7, 11) is 3.19. The Balaban J connectivity index is 1.83. The summed E-state index contributed by atoms with van der Waals surface area (Å²) in [6.07, 6.45) is 2.83. The number of carbonyl (C=O) groups excluding carboxylic acids is 1. The van der Waals surface area contributed by atoms with Gasteiger partial charge in [0.05, 0.1) is 31.7 Å². The Morgan fingerprint density at radius 3 is 2.83 bits per heavy atom. The number of aromatic nitrogens is 1. The molecule has 3 rings (SSSR count). The minimum absolute atomic E-state index is 0.263. The van der Waals surface area contributed by atoms with E-state index < -0.39 is 0 Å². The summed E-state index contributed by atoms with van der Waals surface area (Å²) >= 11 is 1.34. The van der Waals surface area contributed by atoms with Crippen LogP contribution in [-0.4, -0.2) is 25.1 Å². The highest BCUT2D eigenvalue weighted by molar-refractivity contribution is 7.14. The van der Waals surface area contributed by atoms with Crippen LogP contribution in [0.15, 0.2) is 46.6 Å². The molecule has 0 aliphatic rings. The molecule has 3 aromatic rings. The summed E-state index contributed by atoms with van der Waals surface area (Å²) < 4.78 is 15.5. The first-order valence-electron chi connectivity index (χ1n) is 6.72. The minimum Gasteiger partial charge on any atom is -0.497 e. The third kappa shape index (κ3) is 3.19. The fourth-order valence-electron chi connectivity index (χ4n) is 2.03. The lowest BCUT2D eigenvalue weighted by molar-refractivity contribution is 0.102. The quantitative estimate of drug-likeness (QED) is 0.772. The molecule has 6 nitrogen and oxygen atoms in total. The highest BCUT2D eigenvalue weighted by Crippen LogP contribution is 2.34. The number of carbonyl (C=O) groups is 1. The number of hydrogen-bond acceptors (Lipinski definition) is 6. The Hall–Kier alpha value is -2.80. The number of methoxy groups -OCH3 is 2. The van der Waals surface area contributed by atoms with Crippen LogP contribution in [0, 0.1) is 0 Å². The van der Waals surface area contributed by atoms with Crippen LogP contribution in [-0.2, 0) is 0 Å². The Bertz CT molecular complexity index is 811. The lowest BCUT2D eigenvalue weighted by Crippen LogP contribution is -2.10. The Kier molecular flexibility index (Phi) is 4.29. The van der Waals surface area contributed by atoms with Crippen molar-refractivity contribution in [1.82, 2.24) is 4.98 Å².